The van der Waals surface area contributed by atoms with Gasteiger partial charge >= 0.3 is 11.7 Å². The quantitative estimate of drug-likeness (QED) is 0.426. The highest BCUT2D eigenvalue weighted by Gasteiger charge is 2.69. The van der Waals surface area contributed by atoms with Crippen molar-refractivity contribution in [3.63, 3.8) is 0 Å². The number of esters is 1. The van der Waals surface area contributed by atoms with E-state index in [4.69, 9.17) is 33.7 Å². The molecule has 9 nitrogen and oxygen atoms in total. The van der Waals surface area contributed by atoms with Gasteiger partial charge in [-0.05, 0) is 19.3 Å². The van der Waals surface area contributed by atoms with E-state index in [1.54, 1.807) is 6.92 Å². The number of halogens is 2. The largest absolute Gasteiger partial charge is 0.455 e. The zero-order chi connectivity index (χ0) is 22.9. The number of aromatic amines is 1. The third-order valence-corrected chi connectivity index (χ3v) is 6.20. The van der Waals surface area contributed by atoms with Gasteiger partial charge in [0.1, 0.15) is 15.6 Å². The van der Waals surface area contributed by atoms with Crippen molar-refractivity contribution >= 4 is 46.6 Å². The van der Waals surface area contributed by atoms with Gasteiger partial charge in [0.05, 0.1) is 0 Å². The normalized spacial score (nSPS) is 19.6. The maximum absolute atomic E-state index is 12.9. The number of rotatable bonds is 9. The number of hydrogen-bond acceptors (Lipinski definition) is 6. The molecule has 1 saturated carbocycles. The molecule has 0 spiro atoms. The summed E-state index contributed by atoms with van der Waals surface area (Å²) >= 11 is 12.0. The first kappa shape index (κ1) is 24.3. The summed E-state index contributed by atoms with van der Waals surface area (Å²) in [6.45, 7) is 7.04. The Hall–Kier alpha value is -2.00. The van der Waals surface area contributed by atoms with Crippen molar-refractivity contribution in [2.45, 2.75) is 57.8 Å². The van der Waals surface area contributed by atoms with E-state index >= 15 is 0 Å². The molecule has 1 aromatic rings. The molecule has 30 heavy (non-hydrogen) atoms. The topological polar surface area (TPSA) is 127 Å². The minimum absolute atomic E-state index is 0.0289. The number of nitrogen functional groups attached to an aromatic ring is 1. The number of ether oxygens (including phenoxy) is 1. The molecule has 1 heterocycles. The minimum Gasteiger partial charge on any atom is -0.455 e. The Morgan fingerprint density at radius 2 is 1.93 bits per heavy atom. The lowest BCUT2D eigenvalue weighted by molar-refractivity contribution is -0.153. The van der Waals surface area contributed by atoms with Crippen LogP contribution in [0.4, 0.5) is 11.5 Å². The van der Waals surface area contributed by atoms with Crippen LogP contribution in [-0.4, -0.2) is 38.9 Å². The first-order chi connectivity index (χ1) is 13.9. The van der Waals surface area contributed by atoms with Crippen LogP contribution in [0.3, 0.4) is 0 Å². The van der Waals surface area contributed by atoms with Gasteiger partial charge in [-0.2, -0.15) is 0 Å². The lowest BCUT2D eigenvalue weighted by atomic mass is 10.1. The number of H-pyrrole nitrogens is 1. The van der Waals surface area contributed by atoms with Crippen molar-refractivity contribution < 1.29 is 14.3 Å². The fourth-order valence-electron chi connectivity index (χ4n) is 3.05. The van der Waals surface area contributed by atoms with Crippen molar-refractivity contribution in [3.8, 4) is 0 Å². The number of aromatic nitrogens is 2. The summed E-state index contributed by atoms with van der Waals surface area (Å²) in [5.41, 5.74) is 3.48. The van der Waals surface area contributed by atoms with Crippen molar-refractivity contribution in [1.29, 1.82) is 0 Å². The van der Waals surface area contributed by atoms with Crippen LogP contribution < -0.4 is 21.9 Å². The molecule has 1 fully saturated rings. The fourth-order valence-corrected chi connectivity index (χ4v) is 3.73. The van der Waals surface area contributed by atoms with Crippen molar-refractivity contribution in [2.75, 3.05) is 23.8 Å². The lowest BCUT2D eigenvalue weighted by Gasteiger charge is -2.26. The van der Waals surface area contributed by atoms with Gasteiger partial charge in [0, 0.05) is 19.5 Å². The Bertz CT molecular complexity index is 940. The minimum atomic E-state index is -1.22. The molecule has 0 saturated heterocycles. The van der Waals surface area contributed by atoms with Crippen LogP contribution in [0, 0.1) is 11.3 Å². The fraction of sp³-hybridized carbons (Fsp3) is 0.684. The number of hydrogen-bond donors (Lipinski definition) is 2. The zero-order valence-corrected chi connectivity index (χ0v) is 19.1. The van der Waals surface area contributed by atoms with E-state index in [0.29, 0.717) is 13.0 Å². The van der Waals surface area contributed by atoms with Gasteiger partial charge in [0.25, 0.3) is 11.5 Å². The van der Waals surface area contributed by atoms with Crippen molar-refractivity contribution in [2.24, 2.45) is 11.3 Å². The maximum Gasteiger partial charge on any atom is 0.330 e. The van der Waals surface area contributed by atoms with Gasteiger partial charge in [0.2, 0.25) is 0 Å². The molecular weight excluding hydrogens is 435 g/mol. The Morgan fingerprint density at radius 1 is 1.33 bits per heavy atom. The van der Waals surface area contributed by atoms with E-state index in [0.717, 1.165) is 11.3 Å². The van der Waals surface area contributed by atoms with Gasteiger partial charge in [-0.3, -0.25) is 23.9 Å². The highest BCUT2D eigenvalue weighted by Crippen LogP contribution is 2.64. The number of nitrogens with two attached hydrogens (primary N) is 1. The molecule has 0 aliphatic heterocycles. The number of carbonyl (C=O) groups is 2. The molecule has 0 bridgehead atoms. The Morgan fingerprint density at radius 3 is 2.43 bits per heavy atom. The molecule has 3 N–H and O–H groups in total. The van der Waals surface area contributed by atoms with E-state index in [-0.39, 0.29) is 30.4 Å². The van der Waals surface area contributed by atoms with Gasteiger partial charge in [-0.15, -0.1) is 23.2 Å². The summed E-state index contributed by atoms with van der Waals surface area (Å²) < 4.78 is 5.14. The third-order valence-electron chi connectivity index (χ3n) is 5.10. The third kappa shape index (κ3) is 4.83. The zero-order valence-electron chi connectivity index (χ0n) is 17.6. The molecule has 0 radical (unpaired) electrons. The molecule has 168 valence electrons. The number of nitrogens with zero attached hydrogens (tertiary/aromatic N) is 2. The highest BCUT2D eigenvalue weighted by molar-refractivity contribution is 6.53. The molecule has 1 aliphatic carbocycles. The lowest BCUT2D eigenvalue weighted by Crippen LogP contribution is -2.44. The van der Waals surface area contributed by atoms with Crippen LogP contribution in [-0.2, 0) is 20.9 Å². The van der Waals surface area contributed by atoms with Crippen LogP contribution in [0.2, 0.25) is 0 Å². The number of anilines is 2. The molecule has 1 amide bonds. The second kappa shape index (κ2) is 9.01. The van der Waals surface area contributed by atoms with Crippen LogP contribution in [0.15, 0.2) is 9.59 Å². The highest BCUT2D eigenvalue weighted by atomic mass is 35.5. The summed E-state index contributed by atoms with van der Waals surface area (Å²) in [4.78, 5) is 53.2. The second-order valence-electron chi connectivity index (χ2n) is 8.19. The smallest absolute Gasteiger partial charge is 0.330 e. The van der Waals surface area contributed by atoms with Crippen molar-refractivity contribution in [1.82, 2.24) is 9.55 Å². The first-order valence-electron chi connectivity index (χ1n) is 9.83. The van der Waals surface area contributed by atoms with Crippen LogP contribution in [0.25, 0.3) is 0 Å². The van der Waals surface area contributed by atoms with E-state index < -0.39 is 39.5 Å². The molecule has 1 aromatic heterocycles. The molecule has 1 aliphatic rings. The summed E-state index contributed by atoms with van der Waals surface area (Å²) in [5, 5.41) is 0. The van der Waals surface area contributed by atoms with E-state index in [9.17, 15) is 19.2 Å². The van der Waals surface area contributed by atoms with Gasteiger partial charge in [-0.1, -0.05) is 27.2 Å². The molecular formula is C19H28Cl2N4O5. The van der Waals surface area contributed by atoms with Crippen molar-refractivity contribution in [3.05, 3.63) is 20.8 Å². The van der Waals surface area contributed by atoms with E-state index in [2.05, 4.69) is 4.98 Å². The molecule has 2 rings (SSSR count). The molecule has 0 aromatic carbocycles. The second-order valence-corrected chi connectivity index (χ2v) is 9.67. The predicted molar refractivity (Wildman–Crippen MR) is 116 cm³/mol. The summed E-state index contributed by atoms with van der Waals surface area (Å²) in [6.07, 6.45) is 1.70. The first-order valence-corrected chi connectivity index (χ1v) is 10.6. The van der Waals surface area contributed by atoms with E-state index in [1.165, 1.54) is 4.57 Å². The van der Waals surface area contributed by atoms with Gasteiger partial charge in [-0.25, -0.2) is 4.79 Å². The number of carbonyl (C=O) groups excluding carboxylic acids is 2. The average molecular weight is 463 g/mol. The SMILES string of the molecule is CCCCn1c(N)c(N(CC(C)C)C(=O)COC(=O)[C@@]2(C)CC2(Cl)Cl)c(=O)[nH]c1=O. The molecule has 1 atom stereocenters. The predicted octanol–water partition coefficient (Wildman–Crippen LogP) is 2.03. The Kier molecular flexibility index (Phi) is 7.29. The summed E-state index contributed by atoms with van der Waals surface area (Å²) in [7, 11) is 0. The summed E-state index contributed by atoms with van der Waals surface area (Å²) in [5.74, 6) is -1.47. The number of amides is 1. The summed E-state index contributed by atoms with van der Waals surface area (Å²) in [6, 6.07) is 0. The molecule has 11 heteroatoms. The van der Waals surface area contributed by atoms with Gasteiger partial charge in [0.15, 0.2) is 12.3 Å². The number of alkyl halides is 2. The molecule has 0 unspecified atom stereocenters. The monoisotopic (exact) mass is 462 g/mol. The number of unbranched alkanes of at least 4 members (excludes halogenated alkanes) is 1. The Labute approximate surface area is 184 Å². The van der Waals surface area contributed by atoms with Gasteiger partial charge < -0.3 is 15.4 Å². The average Bonchev–Trinajstić information content (AvgIpc) is 3.16. The van der Waals surface area contributed by atoms with E-state index in [1.807, 2.05) is 20.8 Å². The van der Waals surface area contributed by atoms with Crippen LogP contribution in [0.1, 0.15) is 47.0 Å². The maximum atomic E-state index is 12.9. The standard InChI is InChI=1S/C19H28Cl2N4O5/c1-5-6-7-24-14(22)13(15(27)23-17(24)29)25(8-11(2)3)12(26)9-30-16(28)18(4)10-19(18,20)21/h11H,5-10,22H2,1-4H3,(H,23,27,29)/t18-/m1/s1. The van der Waals surface area contributed by atoms with Crippen LogP contribution >= 0.6 is 23.2 Å². The van der Waals surface area contributed by atoms with Crippen LogP contribution in [0.5, 0.6) is 0 Å². The number of nitrogens with one attached hydrogen (secondary N) is 1. The Balaban J connectivity index is 2.31.